The molecule has 3 aromatic rings. The van der Waals surface area contributed by atoms with Crippen molar-refractivity contribution in [3.05, 3.63) is 69.7 Å². The summed E-state index contributed by atoms with van der Waals surface area (Å²) in [5.74, 6) is -0.169. The van der Waals surface area contributed by atoms with Gasteiger partial charge in [0.2, 0.25) is 5.95 Å². The predicted octanol–water partition coefficient (Wildman–Crippen LogP) is 4.77. The summed E-state index contributed by atoms with van der Waals surface area (Å²) < 4.78 is 15.7. The van der Waals surface area contributed by atoms with E-state index in [9.17, 15) is 4.39 Å². The number of rotatable bonds is 3. The van der Waals surface area contributed by atoms with Crippen LogP contribution >= 0.6 is 23.2 Å². The third-order valence-corrected chi connectivity index (χ3v) is 3.79. The number of anilines is 1. The molecule has 0 amide bonds. The number of benzene rings is 2. The fourth-order valence-electron chi connectivity index (χ4n) is 2.25. The van der Waals surface area contributed by atoms with Crippen molar-refractivity contribution in [2.75, 3.05) is 5.73 Å². The summed E-state index contributed by atoms with van der Waals surface area (Å²) in [6.07, 6.45) is 3.05. The third-order valence-electron chi connectivity index (χ3n) is 3.35. The summed E-state index contributed by atoms with van der Waals surface area (Å²) in [5.41, 5.74) is 8.17. The first-order valence-electron chi connectivity index (χ1n) is 7.04. The van der Waals surface area contributed by atoms with E-state index in [4.69, 9.17) is 28.9 Å². The Kier molecular flexibility index (Phi) is 4.55. The van der Waals surface area contributed by atoms with Crippen molar-refractivity contribution >= 4 is 35.4 Å². The van der Waals surface area contributed by atoms with Crippen molar-refractivity contribution in [2.24, 2.45) is 5.10 Å². The van der Waals surface area contributed by atoms with E-state index in [0.717, 1.165) is 11.3 Å². The molecule has 0 aliphatic carbocycles. The molecule has 0 radical (unpaired) electrons. The number of nitrogens with zero attached hydrogens (tertiary/aromatic N) is 3. The fraction of sp³-hybridized carbons (Fsp3) is 0.0588. The molecule has 24 heavy (non-hydrogen) atoms. The first-order chi connectivity index (χ1) is 11.4. The molecule has 1 aromatic heterocycles. The highest BCUT2D eigenvalue weighted by molar-refractivity contribution is 6.35. The lowest BCUT2D eigenvalue weighted by molar-refractivity contribution is 0.626. The average molecular weight is 363 g/mol. The lowest BCUT2D eigenvalue weighted by Crippen LogP contribution is -1.98. The lowest BCUT2D eigenvalue weighted by atomic mass is 10.0. The Morgan fingerprint density at radius 3 is 2.42 bits per heavy atom. The molecule has 4 nitrogen and oxygen atoms in total. The largest absolute Gasteiger partial charge is 0.368 e. The van der Waals surface area contributed by atoms with Crippen LogP contribution in [0.2, 0.25) is 10.0 Å². The van der Waals surface area contributed by atoms with Gasteiger partial charge in [-0.2, -0.15) is 5.10 Å². The fourth-order valence-corrected chi connectivity index (χ4v) is 2.78. The topological polar surface area (TPSA) is 56.2 Å². The highest BCUT2D eigenvalue weighted by Crippen LogP contribution is 2.28. The molecular weight excluding hydrogens is 350 g/mol. The molecule has 0 fully saturated rings. The Labute approximate surface area is 148 Å². The molecule has 122 valence electrons. The van der Waals surface area contributed by atoms with Gasteiger partial charge in [0.15, 0.2) is 0 Å². The Hall–Kier alpha value is -2.37. The van der Waals surface area contributed by atoms with Crippen LogP contribution in [0.5, 0.6) is 0 Å². The Bertz CT molecular complexity index is 914. The number of aromatic nitrogens is 2. The molecule has 1 heterocycles. The van der Waals surface area contributed by atoms with E-state index in [1.165, 1.54) is 17.0 Å². The molecule has 0 saturated carbocycles. The number of nitrogen functional groups attached to an aromatic ring is 1. The maximum absolute atomic E-state index is 14.3. The SMILES string of the molecule is Cc1cn(N=Cc2ccc(-c3cc(Cl)cc(Cl)c3)cc2F)c(N)n1. The Morgan fingerprint density at radius 2 is 1.83 bits per heavy atom. The summed E-state index contributed by atoms with van der Waals surface area (Å²) in [4.78, 5) is 4.02. The van der Waals surface area contributed by atoms with Gasteiger partial charge in [-0.15, -0.1) is 0 Å². The van der Waals surface area contributed by atoms with Gasteiger partial charge in [-0.05, 0) is 48.4 Å². The zero-order valence-electron chi connectivity index (χ0n) is 12.7. The van der Waals surface area contributed by atoms with Crippen molar-refractivity contribution in [2.45, 2.75) is 6.92 Å². The van der Waals surface area contributed by atoms with Crippen LogP contribution in [0.25, 0.3) is 11.1 Å². The summed E-state index contributed by atoms with van der Waals surface area (Å²) >= 11 is 12.0. The molecular formula is C17H13Cl2FN4. The Morgan fingerprint density at radius 1 is 1.12 bits per heavy atom. The summed E-state index contributed by atoms with van der Waals surface area (Å²) in [6.45, 7) is 1.80. The van der Waals surface area contributed by atoms with Crippen LogP contribution in [-0.4, -0.2) is 15.9 Å². The van der Waals surface area contributed by atoms with E-state index in [1.54, 1.807) is 43.5 Å². The second kappa shape index (κ2) is 6.63. The van der Waals surface area contributed by atoms with Gasteiger partial charge in [-0.3, -0.25) is 0 Å². The number of nitrogens with two attached hydrogens (primary N) is 1. The van der Waals surface area contributed by atoms with Gasteiger partial charge in [-0.25, -0.2) is 14.1 Å². The minimum Gasteiger partial charge on any atom is -0.368 e. The lowest BCUT2D eigenvalue weighted by Gasteiger charge is -2.05. The van der Waals surface area contributed by atoms with Gasteiger partial charge in [0.05, 0.1) is 18.1 Å². The molecule has 2 N–H and O–H groups in total. The number of imidazole rings is 1. The highest BCUT2D eigenvalue weighted by Gasteiger charge is 2.06. The summed E-state index contributed by atoms with van der Waals surface area (Å²) in [5, 5.41) is 5.10. The molecule has 0 atom stereocenters. The van der Waals surface area contributed by atoms with E-state index in [1.807, 2.05) is 0 Å². The van der Waals surface area contributed by atoms with E-state index in [2.05, 4.69) is 10.1 Å². The third kappa shape index (κ3) is 3.58. The second-order valence-corrected chi connectivity index (χ2v) is 6.10. The first kappa shape index (κ1) is 16.5. The van der Waals surface area contributed by atoms with E-state index < -0.39 is 5.82 Å². The molecule has 0 bridgehead atoms. The van der Waals surface area contributed by atoms with Gasteiger partial charge in [-0.1, -0.05) is 29.3 Å². The second-order valence-electron chi connectivity index (χ2n) is 5.22. The van der Waals surface area contributed by atoms with Crippen LogP contribution in [0.1, 0.15) is 11.3 Å². The van der Waals surface area contributed by atoms with Crippen molar-refractivity contribution in [1.29, 1.82) is 0 Å². The standard InChI is InChI=1S/C17H13Cl2FN4/c1-10-9-24(17(21)23-10)22-8-12-3-2-11(6-16(12)20)13-4-14(18)7-15(19)5-13/h2-9H,1H3,(H2,21,23). The van der Waals surface area contributed by atoms with Crippen LogP contribution in [0, 0.1) is 12.7 Å². The van der Waals surface area contributed by atoms with Gasteiger partial charge in [0, 0.05) is 15.6 Å². The molecule has 0 aliphatic heterocycles. The molecule has 0 aliphatic rings. The molecule has 3 rings (SSSR count). The Balaban J connectivity index is 1.91. The first-order valence-corrected chi connectivity index (χ1v) is 7.80. The highest BCUT2D eigenvalue weighted by atomic mass is 35.5. The van der Waals surface area contributed by atoms with Crippen molar-refractivity contribution in [3.63, 3.8) is 0 Å². The minimum absolute atomic E-state index is 0.245. The quantitative estimate of drug-likeness (QED) is 0.682. The van der Waals surface area contributed by atoms with Gasteiger partial charge >= 0.3 is 0 Å². The average Bonchev–Trinajstić information content (AvgIpc) is 2.83. The predicted molar refractivity (Wildman–Crippen MR) is 96.2 cm³/mol. The maximum Gasteiger partial charge on any atom is 0.221 e. The number of hydrogen-bond acceptors (Lipinski definition) is 3. The van der Waals surface area contributed by atoms with E-state index in [0.29, 0.717) is 21.2 Å². The maximum atomic E-state index is 14.3. The zero-order valence-corrected chi connectivity index (χ0v) is 14.2. The van der Waals surface area contributed by atoms with E-state index in [-0.39, 0.29) is 5.95 Å². The molecule has 7 heteroatoms. The summed E-state index contributed by atoms with van der Waals surface area (Å²) in [6, 6.07) is 9.89. The smallest absolute Gasteiger partial charge is 0.221 e. The molecule has 0 spiro atoms. The van der Waals surface area contributed by atoms with Crippen LogP contribution in [0.3, 0.4) is 0 Å². The molecule has 0 unspecified atom stereocenters. The van der Waals surface area contributed by atoms with Crippen LogP contribution in [-0.2, 0) is 0 Å². The number of aryl methyl sites for hydroxylation is 1. The number of halogens is 3. The van der Waals surface area contributed by atoms with Crippen molar-refractivity contribution in [3.8, 4) is 11.1 Å². The zero-order chi connectivity index (χ0) is 17.3. The molecule has 0 saturated heterocycles. The minimum atomic E-state index is -0.414. The number of hydrogen-bond donors (Lipinski definition) is 1. The normalized spacial score (nSPS) is 11.3. The van der Waals surface area contributed by atoms with Crippen molar-refractivity contribution < 1.29 is 4.39 Å². The van der Waals surface area contributed by atoms with Gasteiger partial charge in [0.1, 0.15) is 5.82 Å². The summed E-state index contributed by atoms with van der Waals surface area (Å²) in [7, 11) is 0. The van der Waals surface area contributed by atoms with Gasteiger partial charge < -0.3 is 5.73 Å². The van der Waals surface area contributed by atoms with Crippen LogP contribution in [0.15, 0.2) is 47.7 Å². The van der Waals surface area contributed by atoms with Crippen molar-refractivity contribution in [1.82, 2.24) is 9.66 Å². The van der Waals surface area contributed by atoms with Gasteiger partial charge in [0.25, 0.3) is 0 Å². The molecule has 2 aromatic carbocycles. The monoisotopic (exact) mass is 362 g/mol. The van der Waals surface area contributed by atoms with Crippen LogP contribution < -0.4 is 5.73 Å². The van der Waals surface area contributed by atoms with E-state index >= 15 is 0 Å². The van der Waals surface area contributed by atoms with Crippen LogP contribution in [0.4, 0.5) is 10.3 Å².